The Morgan fingerprint density at radius 1 is 1.53 bits per heavy atom. The van der Waals surface area contributed by atoms with Gasteiger partial charge in [0, 0.05) is 20.7 Å². The van der Waals surface area contributed by atoms with E-state index in [9.17, 15) is 13.6 Å². The molecule has 0 unspecified atom stereocenters. The Kier molecular flexibility index (Phi) is 4.15. The molecule has 0 saturated carbocycles. The van der Waals surface area contributed by atoms with Gasteiger partial charge in [-0.2, -0.15) is 0 Å². The molecule has 0 spiro atoms. The third-order valence-corrected chi connectivity index (χ3v) is 3.13. The van der Waals surface area contributed by atoms with E-state index in [4.69, 9.17) is 5.11 Å². The van der Waals surface area contributed by atoms with Crippen molar-refractivity contribution < 1.29 is 18.7 Å². The predicted molar refractivity (Wildman–Crippen MR) is 55.9 cm³/mol. The largest absolute Gasteiger partial charge is 0.481 e. The first-order valence-corrected chi connectivity index (χ1v) is 5.34. The third-order valence-electron chi connectivity index (χ3n) is 1.62. The molecule has 15 heavy (non-hydrogen) atoms. The lowest BCUT2D eigenvalue weighted by molar-refractivity contribution is -0.136. The van der Waals surface area contributed by atoms with Gasteiger partial charge in [0.15, 0.2) is 0 Å². The Labute approximate surface area is 101 Å². The van der Waals surface area contributed by atoms with Gasteiger partial charge in [-0.1, -0.05) is 0 Å². The molecular formula is C8H5Br2F2NO2. The van der Waals surface area contributed by atoms with Crippen LogP contribution in [0.3, 0.4) is 0 Å². The van der Waals surface area contributed by atoms with Gasteiger partial charge in [-0.15, -0.1) is 0 Å². The quantitative estimate of drug-likeness (QED) is 0.916. The Bertz CT molecular complexity index is 398. The second-order valence-electron chi connectivity index (χ2n) is 2.65. The van der Waals surface area contributed by atoms with E-state index in [1.807, 2.05) is 0 Å². The number of pyridine rings is 1. The van der Waals surface area contributed by atoms with Gasteiger partial charge in [0.05, 0.1) is 12.1 Å². The number of alkyl halides is 2. The molecule has 0 fully saturated rings. The molecule has 0 bridgehead atoms. The molecule has 1 aromatic heterocycles. The van der Waals surface area contributed by atoms with Crippen LogP contribution < -0.4 is 0 Å². The topological polar surface area (TPSA) is 50.2 Å². The number of rotatable bonds is 3. The van der Waals surface area contributed by atoms with E-state index in [2.05, 4.69) is 36.8 Å². The molecular weight excluding hydrogens is 340 g/mol. The van der Waals surface area contributed by atoms with Crippen LogP contribution in [0, 0.1) is 0 Å². The maximum Gasteiger partial charge on any atom is 0.309 e. The molecule has 7 heteroatoms. The molecule has 0 amide bonds. The third kappa shape index (κ3) is 2.94. The minimum atomic E-state index is -2.69. The maximum absolute atomic E-state index is 12.6. The van der Waals surface area contributed by atoms with Gasteiger partial charge >= 0.3 is 5.97 Å². The van der Waals surface area contributed by atoms with Crippen molar-refractivity contribution in [2.75, 3.05) is 0 Å². The summed E-state index contributed by atoms with van der Waals surface area (Å²) in [5, 5.41) is 8.53. The molecule has 1 rings (SSSR count). The number of carboxylic acids is 1. The fourth-order valence-electron chi connectivity index (χ4n) is 0.988. The second kappa shape index (κ2) is 4.98. The average Bonchev–Trinajstić information content (AvgIpc) is 2.09. The first-order valence-electron chi connectivity index (χ1n) is 3.76. The highest BCUT2D eigenvalue weighted by Gasteiger charge is 2.20. The van der Waals surface area contributed by atoms with E-state index >= 15 is 0 Å². The van der Waals surface area contributed by atoms with Crippen LogP contribution in [-0.2, 0) is 11.2 Å². The van der Waals surface area contributed by atoms with Gasteiger partial charge < -0.3 is 5.11 Å². The molecule has 1 aromatic rings. The van der Waals surface area contributed by atoms with Crippen LogP contribution in [0.5, 0.6) is 0 Å². The van der Waals surface area contributed by atoms with E-state index in [1.165, 1.54) is 6.20 Å². The number of nitrogens with zero attached hydrogens (tertiary/aromatic N) is 1. The van der Waals surface area contributed by atoms with E-state index in [0.29, 0.717) is 0 Å². The number of hydrogen-bond donors (Lipinski definition) is 1. The summed E-state index contributed by atoms with van der Waals surface area (Å²) in [5.74, 6) is -1.12. The normalized spacial score (nSPS) is 10.7. The lowest BCUT2D eigenvalue weighted by Crippen LogP contribution is -2.05. The number of hydrogen-bond acceptors (Lipinski definition) is 2. The van der Waals surface area contributed by atoms with Crippen LogP contribution in [0.4, 0.5) is 8.78 Å². The van der Waals surface area contributed by atoms with Crippen molar-refractivity contribution in [3.8, 4) is 0 Å². The van der Waals surface area contributed by atoms with Gasteiger partial charge in [0.25, 0.3) is 6.43 Å². The minimum Gasteiger partial charge on any atom is -0.481 e. The molecule has 0 aliphatic carbocycles. The van der Waals surface area contributed by atoms with Gasteiger partial charge in [0.2, 0.25) is 0 Å². The molecule has 0 radical (unpaired) electrons. The predicted octanol–water partition coefficient (Wildman–Crippen LogP) is 3.17. The highest BCUT2D eigenvalue weighted by molar-refractivity contribution is 9.11. The van der Waals surface area contributed by atoms with Crippen molar-refractivity contribution in [3.63, 3.8) is 0 Å². The summed E-state index contributed by atoms with van der Waals surface area (Å²) in [7, 11) is 0. The summed E-state index contributed by atoms with van der Waals surface area (Å²) in [4.78, 5) is 14.2. The fraction of sp³-hybridized carbons (Fsp3) is 0.250. The molecule has 0 aliphatic heterocycles. The van der Waals surface area contributed by atoms with Crippen molar-refractivity contribution >= 4 is 37.8 Å². The van der Waals surface area contributed by atoms with Gasteiger partial charge in [-0.05, 0) is 31.9 Å². The average molecular weight is 345 g/mol. The summed E-state index contributed by atoms with van der Waals surface area (Å²) in [6.45, 7) is 0. The lowest BCUT2D eigenvalue weighted by atomic mass is 10.2. The summed E-state index contributed by atoms with van der Waals surface area (Å²) in [5.41, 5.74) is -0.192. The highest BCUT2D eigenvalue weighted by Crippen LogP contribution is 2.35. The first kappa shape index (κ1) is 12.5. The summed E-state index contributed by atoms with van der Waals surface area (Å²) < 4.78 is 25.3. The van der Waals surface area contributed by atoms with Crippen LogP contribution in [-0.4, -0.2) is 16.1 Å². The van der Waals surface area contributed by atoms with Crippen molar-refractivity contribution in [1.29, 1.82) is 0 Å². The number of aromatic nitrogens is 1. The van der Waals surface area contributed by atoms with Crippen LogP contribution >= 0.6 is 31.9 Å². The first-order chi connectivity index (χ1) is 6.93. The standard InChI is InChI=1S/C8H5Br2F2NO2/c9-3-2-13-4(1-5(14)15)7(10)6(3)8(11)12/h2,8H,1H2,(H,14,15). The van der Waals surface area contributed by atoms with E-state index in [0.717, 1.165) is 0 Å². The summed E-state index contributed by atoms with van der Waals surface area (Å²) in [6, 6.07) is 0. The lowest BCUT2D eigenvalue weighted by Gasteiger charge is -2.08. The molecule has 1 N–H and O–H groups in total. The Balaban J connectivity index is 3.22. The Morgan fingerprint density at radius 3 is 2.60 bits per heavy atom. The smallest absolute Gasteiger partial charge is 0.309 e. The molecule has 0 aliphatic rings. The second-order valence-corrected chi connectivity index (χ2v) is 4.30. The highest BCUT2D eigenvalue weighted by atomic mass is 79.9. The zero-order valence-electron chi connectivity index (χ0n) is 7.18. The van der Waals surface area contributed by atoms with Crippen LogP contribution in [0.15, 0.2) is 15.1 Å². The van der Waals surface area contributed by atoms with E-state index in [1.54, 1.807) is 0 Å². The number of carbonyl (C=O) groups is 1. The number of carboxylic acid groups (broad SMARTS) is 1. The van der Waals surface area contributed by atoms with E-state index < -0.39 is 18.8 Å². The van der Waals surface area contributed by atoms with Crippen molar-refractivity contribution in [3.05, 3.63) is 26.4 Å². The SMILES string of the molecule is O=C(O)Cc1ncc(Br)c(C(F)F)c1Br. The molecule has 1 heterocycles. The Morgan fingerprint density at radius 2 is 2.13 bits per heavy atom. The summed E-state index contributed by atoms with van der Waals surface area (Å²) >= 11 is 5.85. The maximum atomic E-state index is 12.6. The summed E-state index contributed by atoms with van der Waals surface area (Å²) in [6.07, 6.45) is -1.91. The van der Waals surface area contributed by atoms with Crippen molar-refractivity contribution in [1.82, 2.24) is 4.98 Å². The number of aliphatic carboxylic acids is 1. The molecule has 0 aromatic carbocycles. The van der Waals surface area contributed by atoms with Crippen LogP contribution in [0.1, 0.15) is 17.7 Å². The minimum absolute atomic E-state index is 0.0364. The molecule has 3 nitrogen and oxygen atoms in total. The molecule has 82 valence electrons. The van der Waals surface area contributed by atoms with Crippen molar-refractivity contribution in [2.45, 2.75) is 12.8 Å². The van der Waals surface area contributed by atoms with Crippen molar-refractivity contribution in [2.24, 2.45) is 0 Å². The molecule has 0 atom stereocenters. The van der Waals surface area contributed by atoms with Crippen LogP contribution in [0.2, 0.25) is 0 Å². The van der Waals surface area contributed by atoms with Gasteiger partial charge in [-0.25, -0.2) is 8.78 Å². The zero-order valence-corrected chi connectivity index (χ0v) is 10.3. The molecule has 0 saturated heterocycles. The van der Waals surface area contributed by atoms with Gasteiger partial charge in [-0.3, -0.25) is 9.78 Å². The fourth-order valence-corrected chi connectivity index (χ4v) is 2.36. The monoisotopic (exact) mass is 343 g/mol. The number of halogens is 4. The van der Waals surface area contributed by atoms with E-state index in [-0.39, 0.29) is 20.2 Å². The van der Waals surface area contributed by atoms with Gasteiger partial charge in [0.1, 0.15) is 0 Å². The Hall–Kier alpha value is -0.560. The van der Waals surface area contributed by atoms with Crippen LogP contribution in [0.25, 0.3) is 0 Å². The zero-order chi connectivity index (χ0) is 11.6.